The standard InChI is InChI=1S/C14H19BrFNO3S/c15-13-6-5-12(7-14(13)16)21(19,20)17-8-10-3-1-2-4-11(10)9-18/h5-7,10-11,17-18H,1-4,8-9H2. The molecular formula is C14H19BrFNO3S. The molecule has 4 nitrogen and oxygen atoms in total. The minimum atomic E-state index is -3.72. The smallest absolute Gasteiger partial charge is 0.240 e. The molecule has 2 atom stereocenters. The largest absolute Gasteiger partial charge is 0.396 e. The van der Waals surface area contributed by atoms with E-state index in [1.54, 1.807) is 0 Å². The van der Waals surface area contributed by atoms with Crippen LogP contribution >= 0.6 is 15.9 Å². The third-order valence-corrected chi connectivity index (χ3v) is 6.10. The highest BCUT2D eigenvalue weighted by Crippen LogP contribution is 2.29. The van der Waals surface area contributed by atoms with E-state index in [4.69, 9.17) is 0 Å². The molecule has 0 heterocycles. The molecule has 1 aliphatic rings. The van der Waals surface area contributed by atoms with E-state index < -0.39 is 15.8 Å². The average molecular weight is 380 g/mol. The molecule has 2 N–H and O–H groups in total. The van der Waals surface area contributed by atoms with Crippen molar-refractivity contribution < 1.29 is 17.9 Å². The lowest BCUT2D eigenvalue weighted by atomic mass is 9.80. The third kappa shape index (κ3) is 4.25. The number of aliphatic hydroxyl groups excluding tert-OH is 1. The Kier molecular flexibility index (Phi) is 5.76. The lowest BCUT2D eigenvalue weighted by Gasteiger charge is -2.30. The topological polar surface area (TPSA) is 66.4 Å². The van der Waals surface area contributed by atoms with E-state index in [9.17, 15) is 17.9 Å². The molecule has 7 heteroatoms. The van der Waals surface area contributed by atoms with Crippen LogP contribution in [0.25, 0.3) is 0 Å². The first-order valence-corrected chi connectivity index (χ1v) is 9.27. The lowest BCUT2D eigenvalue weighted by molar-refractivity contribution is 0.136. The van der Waals surface area contributed by atoms with E-state index in [1.807, 2.05) is 0 Å². The summed E-state index contributed by atoms with van der Waals surface area (Å²) in [6, 6.07) is 3.73. The zero-order valence-corrected chi connectivity index (χ0v) is 14.0. The number of halogens is 2. The fraction of sp³-hybridized carbons (Fsp3) is 0.571. The second-order valence-electron chi connectivity index (χ2n) is 5.42. The van der Waals surface area contributed by atoms with Crippen molar-refractivity contribution in [2.24, 2.45) is 11.8 Å². The third-order valence-electron chi connectivity index (χ3n) is 4.04. The first-order chi connectivity index (χ1) is 9.94. The molecular weight excluding hydrogens is 361 g/mol. The zero-order chi connectivity index (χ0) is 15.5. The summed E-state index contributed by atoms with van der Waals surface area (Å²) in [7, 11) is -3.72. The maximum atomic E-state index is 13.4. The van der Waals surface area contributed by atoms with Gasteiger partial charge in [0.15, 0.2) is 0 Å². The van der Waals surface area contributed by atoms with E-state index in [0.717, 1.165) is 31.7 Å². The molecule has 1 aromatic rings. The van der Waals surface area contributed by atoms with Gasteiger partial charge in [-0.2, -0.15) is 0 Å². The minimum Gasteiger partial charge on any atom is -0.396 e. The molecule has 0 aliphatic heterocycles. The molecule has 118 valence electrons. The molecule has 1 saturated carbocycles. The van der Waals surface area contributed by atoms with Gasteiger partial charge in [0.2, 0.25) is 10.0 Å². The summed E-state index contributed by atoms with van der Waals surface area (Å²) in [4.78, 5) is -0.0837. The van der Waals surface area contributed by atoms with Crippen LogP contribution < -0.4 is 4.72 Å². The molecule has 1 fully saturated rings. The predicted molar refractivity (Wildman–Crippen MR) is 81.8 cm³/mol. The number of hydrogen-bond acceptors (Lipinski definition) is 3. The Balaban J connectivity index is 2.05. The van der Waals surface area contributed by atoms with Gasteiger partial charge in [-0.25, -0.2) is 17.5 Å². The summed E-state index contributed by atoms with van der Waals surface area (Å²) in [5, 5.41) is 9.34. The van der Waals surface area contributed by atoms with Gasteiger partial charge in [0.1, 0.15) is 5.82 Å². The second-order valence-corrected chi connectivity index (χ2v) is 8.04. The van der Waals surface area contributed by atoms with Crippen LogP contribution in [0.5, 0.6) is 0 Å². The van der Waals surface area contributed by atoms with Crippen LogP contribution in [-0.2, 0) is 10.0 Å². The molecule has 1 aliphatic carbocycles. The summed E-state index contributed by atoms with van der Waals surface area (Å²) in [5.74, 6) is -0.328. The molecule has 0 aromatic heterocycles. The summed E-state index contributed by atoms with van der Waals surface area (Å²) in [6.45, 7) is 0.366. The fourth-order valence-electron chi connectivity index (χ4n) is 2.74. The van der Waals surface area contributed by atoms with Crippen molar-refractivity contribution in [2.45, 2.75) is 30.6 Å². The second kappa shape index (κ2) is 7.17. The number of sulfonamides is 1. The van der Waals surface area contributed by atoms with Crippen LogP contribution in [0.1, 0.15) is 25.7 Å². The van der Waals surface area contributed by atoms with Crippen LogP contribution in [0.15, 0.2) is 27.6 Å². The SMILES string of the molecule is O=S(=O)(NCC1CCCCC1CO)c1ccc(Br)c(F)c1. The van der Waals surface area contributed by atoms with E-state index in [1.165, 1.54) is 12.1 Å². The van der Waals surface area contributed by atoms with Gasteiger partial charge >= 0.3 is 0 Å². The molecule has 1 aromatic carbocycles. The van der Waals surface area contributed by atoms with E-state index in [-0.39, 0.29) is 34.4 Å². The number of rotatable bonds is 5. The van der Waals surface area contributed by atoms with Crippen LogP contribution in [-0.4, -0.2) is 26.7 Å². The van der Waals surface area contributed by atoms with Gasteiger partial charge in [-0.15, -0.1) is 0 Å². The van der Waals surface area contributed by atoms with Gasteiger partial charge in [0.05, 0.1) is 9.37 Å². The predicted octanol–water partition coefficient (Wildman–Crippen LogP) is 2.67. The van der Waals surface area contributed by atoms with Crippen molar-refractivity contribution >= 4 is 26.0 Å². The van der Waals surface area contributed by atoms with Gasteiger partial charge in [-0.1, -0.05) is 12.8 Å². The molecule has 2 unspecified atom stereocenters. The van der Waals surface area contributed by atoms with Crippen molar-refractivity contribution in [3.05, 3.63) is 28.5 Å². The van der Waals surface area contributed by atoms with Gasteiger partial charge in [-0.05, 0) is 58.8 Å². The highest BCUT2D eigenvalue weighted by Gasteiger charge is 2.26. The van der Waals surface area contributed by atoms with E-state index in [2.05, 4.69) is 20.7 Å². The molecule has 0 saturated heterocycles. The normalized spacial score (nSPS) is 23.2. The fourth-order valence-corrected chi connectivity index (χ4v) is 4.09. The molecule has 2 rings (SSSR count). The number of nitrogens with one attached hydrogen (secondary N) is 1. The first-order valence-electron chi connectivity index (χ1n) is 6.99. The summed E-state index contributed by atoms with van der Waals surface area (Å²) >= 11 is 3.00. The van der Waals surface area contributed by atoms with Gasteiger partial charge < -0.3 is 5.11 Å². The van der Waals surface area contributed by atoms with Crippen LogP contribution in [0.4, 0.5) is 4.39 Å². The quantitative estimate of drug-likeness (QED) is 0.826. The Morgan fingerprint density at radius 1 is 1.29 bits per heavy atom. The molecule has 21 heavy (non-hydrogen) atoms. The minimum absolute atomic E-state index is 0.0826. The van der Waals surface area contributed by atoms with Crippen molar-refractivity contribution in [2.75, 3.05) is 13.2 Å². The summed E-state index contributed by atoms with van der Waals surface area (Å²) in [5.41, 5.74) is 0. The Morgan fingerprint density at radius 3 is 2.57 bits per heavy atom. The van der Waals surface area contributed by atoms with Gasteiger partial charge in [0.25, 0.3) is 0 Å². The molecule has 0 amide bonds. The van der Waals surface area contributed by atoms with Gasteiger partial charge in [-0.3, -0.25) is 0 Å². The summed E-state index contributed by atoms with van der Waals surface area (Å²) < 4.78 is 40.6. The number of hydrogen-bond donors (Lipinski definition) is 2. The van der Waals surface area contributed by atoms with Crippen molar-refractivity contribution in [3.8, 4) is 0 Å². The molecule has 0 radical (unpaired) electrons. The van der Waals surface area contributed by atoms with Crippen LogP contribution in [0.2, 0.25) is 0 Å². The van der Waals surface area contributed by atoms with E-state index in [0.29, 0.717) is 0 Å². The van der Waals surface area contributed by atoms with E-state index >= 15 is 0 Å². The van der Waals surface area contributed by atoms with Crippen LogP contribution in [0.3, 0.4) is 0 Å². The Hall–Kier alpha value is -0.500. The zero-order valence-electron chi connectivity index (χ0n) is 11.6. The maximum absolute atomic E-state index is 13.4. The average Bonchev–Trinajstić information content (AvgIpc) is 2.48. The Bertz CT molecular complexity index is 594. The van der Waals surface area contributed by atoms with Crippen molar-refractivity contribution in [3.63, 3.8) is 0 Å². The highest BCUT2D eigenvalue weighted by molar-refractivity contribution is 9.10. The Morgan fingerprint density at radius 2 is 1.95 bits per heavy atom. The number of aliphatic hydroxyl groups is 1. The first kappa shape index (κ1) is 16.9. The lowest BCUT2D eigenvalue weighted by Crippen LogP contribution is -2.35. The van der Waals surface area contributed by atoms with Crippen molar-refractivity contribution in [1.29, 1.82) is 0 Å². The summed E-state index contributed by atoms with van der Waals surface area (Å²) in [6.07, 6.45) is 3.96. The maximum Gasteiger partial charge on any atom is 0.240 e. The van der Waals surface area contributed by atoms with Crippen LogP contribution in [0, 0.1) is 17.7 Å². The monoisotopic (exact) mass is 379 g/mol. The molecule has 0 spiro atoms. The van der Waals surface area contributed by atoms with Gasteiger partial charge in [0, 0.05) is 13.2 Å². The molecule has 0 bridgehead atoms. The highest BCUT2D eigenvalue weighted by atomic mass is 79.9. The Labute approximate surface area is 132 Å². The van der Waals surface area contributed by atoms with Crippen molar-refractivity contribution in [1.82, 2.24) is 4.72 Å². The number of benzene rings is 1.